The van der Waals surface area contributed by atoms with Crippen LogP contribution in [-0.2, 0) is 34.9 Å². The van der Waals surface area contributed by atoms with Crippen LogP contribution in [0.3, 0.4) is 0 Å². The van der Waals surface area contributed by atoms with Crippen molar-refractivity contribution in [3.63, 3.8) is 0 Å². The summed E-state index contributed by atoms with van der Waals surface area (Å²) in [5.74, 6) is -0.779. The average molecular weight is 554 g/mol. The largest absolute Gasteiger partial charge is 0.464 e. The van der Waals surface area contributed by atoms with Gasteiger partial charge in [-0.2, -0.15) is 0 Å². The van der Waals surface area contributed by atoms with Crippen molar-refractivity contribution in [1.29, 1.82) is 0 Å². The molecule has 0 spiro atoms. The van der Waals surface area contributed by atoms with Crippen molar-refractivity contribution >= 4 is 36.4 Å². The molecule has 1 aliphatic carbocycles. The number of fused-ring (bicyclic) bond motifs is 1. The number of carbonyl (C=O) groups excluding carboxylic acids is 2. The molecule has 0 saturated heterocycles. The number of nitrogen functional groups attached to an aromatic ring is 1. The molecule has 3 atom stereocenters. The van der Waals surface area contributed by atoms with Gasteiger partial charge in [-0.1, -0.05) is 13.3 Å². The van der Waals surface area contributed by atoms with E-state index in [-0.39, 0.29) is 24.9 Å². The van der Waals surface area contributed by atoms with Crippen molar-refractivity contribution in [2.45, 2.75) is 97.1 Å². The van der Waals surface area contributed by atoms with Crippen molar-refractivity contribution in [3.05, 3.63) is 12.7 Å². The van der Waals surface area contributed by atoms with Gasteiger partial charge in [-0.25, -0.2) is 25.1 Å². The van der Waals surface area contributed by atoms with Crippen molar-refractivity contribution in [2.75, 3.05) is 18.7 Å². The summed E-state index contributed by atoms with van der Waals surface area (Å²) in [4.78, 5) is 37.7. The monoisotopic (exact) mass is 553 g/mol. The lowest BCUT2D eigenvalue weighted by Gasteiger charge is -2.33. The lowest BCUT2D eigenvalue weighted by molar-refractivity contribution is -0.154. The molecule has 3 unspecified atom stereocenters. The number of carbonyl (C=O) groups is 2. The molecule has 0 aliphatic heterocycles. The van der Waals surface area contributed by atoms with Crippen LogP contribution >= 0.6 is 7.44 Å². The summed E-state index contributed by atoms with van der Waals surface area (Å²) >= 11 is 0. The van der Waals surface area contributed by atoms with E-state index in [1.807, 2.05) is 6.92 Å². The fourth-order valence-corrected chi connectivity index (χ4v) is 6.20. The van der Waals surface area contributed by atoms with E-state index in [1.165, 1.54) is 6.33 Å². The number of esters is 2. The molecular weight excluding hydrogens is 513 g/mol. The highest BCUT2D eigenvalue weighted by Crippen LogP contribution is 2.40. The molecule has 212 valence electrons. The Hall–Kier alpha value is -2.60. The van der Waals surface area contributed by atoms with Crippen LogP contribution in [0.25, 0.3) is 11.2 Å². The summed E-state index contributed by atoms with van der Waals surface area (Å²) in [6.07, 6.45) is 6.36. The summed E-state index contributed by atoms with van der Waals surface area (Å²) in [7, 11) is -3.67. The molecule has 14 heteroatoms. The fourth-order valence-electron chi connectivity index (χ4n) is 3.80. The number of anilines is 1. The molecule has 1 fully saturated rings. The zero-order valence-electron chi connectivity index (χ0n) is 22.8. The van der Waals surface area contributed by atoms with Crippen LogP contribution in [0.4, 0.5) is 5.82 Å². The topological polar surface area (TPSA) is 173 Å². The van der Waals surface area contributed by atoms with Gasteiger partial charge >= 0.3 is 11.9 Å². The number of aromatic nitrogens is 4. The molecule has 3 rings (SSSR count). The first-order chi connectivity index (χ1) is 17.9. The second kappa shape index (κ2) is 13.0. The number of nitrogens with one attached hydrogen (secondary N) is 2. The zero-order chi connectivity index (χ0) is 27.9. The fraction of sp³-hybridized carbons (Fsp3) is 0.708. The lowest BCUT2D eigenvalue weighted by atomic mass is 9.96. The minimum Gasteiger partial charge on any atom is -0.464 e. The van der Waals surface area contributed by atoms with E-state index >= 15 is 0 Å². The maximum absolute atomic E-state index is 14.1. The number of rotatable bonds is 15. The highest BCUT2D eigenvalue weighted by atomic mass is 31.2. The summed E-state index contributed by atoms with van der Waals surface area (Å²) in [6, 6.07) is -0.892. The van der Waals surface area contributed by atoms with Crippen LogP contribution in [0.2, 0.25) is 0 Å². The summed E-state index contributed by atoms with van der Waals surface area (Å²) in [6.45, 7) is 9.15. The molecule has 0 bridgehead atoms. The summed E-state index contributed by atoms with van der Waals surface area (Å²) in [5, 5.41) is 5.75. The van der Waals surface area contributed by atoms with Gasteiger partial charge in [0.05, 0.1) is 25.6 Å². The highest BCUT2D eigenvalue weighted by molar-refractivity contribution is 7.59. The summed E-state index contributed by atoms with van der Waals surface area (Å²) < 4.78 is 32.6. The van der Waals surface area contributed by atoms with Gasteiger partial charge in [-0.15, -0.1) is 0 Å². The van der Waals surface area contributed by atoms with E-state index in [0.29, 0.717) is 17.7 Å². The van der Waals surface area contributed by atoms with E-state index in [9.17, 15) is 14.2 Å². The lowest BCUT2D eigenvalue weighted by Crippen LogP contribution is -2.50. The van der Waals surface area contributed by atoms with Crippen molar-refractivity contribution in [2.24, 2.45) is 0 Å². The van der Waals surface area contributed by atoms with Crippen molar-refractivity contribution < 1.29 is 28.4 Å². The average Bonchev–Trinajstić information content (AvgIpc) is 3.23. The molecule has 1 saturated carbocycles. The SMILES string of the molecule is CCCCOC(=O)C(C)(C)NP(=O)(COC(C)Cn1cnc2c(N)ncnc21)NC(C)C(=O)OC1CCC1. The number of nitrogens with two attached hydrogens (primary N) is 1. The van der Waals surface area contributed by atoms with Crippen molar-refractivity contribution in [3.8, 4) is 0 Å². The van der Waals surface area contributed by atoms with E-state index in [2.05, 4.69) is 25.1 Å². The van der Waals surface area contributed by atoms with Gasteiger partial charge < -0.3 is 24.5 Å². The number of imidazole rings is 1. The molecule has 0 radical (unpaired) electrons. The summed E-state index contributed by atoms with van der Waals surface area (Å²) in [5.41, 5.74) is 5.59. The standard InChI is InChI=1S/C24H40N7O6P/c1-6-7-11-35-23(33)24(4,5)30-38(34,29-17(3)22(32)37-18-9-8-10-18)15-36-16(2)12-31-14-28-19-20(25)26-13-27-21(19)31/h13-14,16-18H,6-12,15H2,1-5H3,(H2,25,26,27)(H2,29,30,34). The molecule has 4 N–H and O–H groups in total. The third-order valence-corrected chi connectivity index (χ3v) is 8.45. The van der Waals surface area contributed by atoms with Gasteiger partial charge in [0.1, 0.15) is 35.9 Å². The molecule has 1 aliphatic rings. The quantitative estimate of drug-likeness (QED) is 0.167. The van der Waals surface area contributed by atoms with Gasteiger partial charge in [-0.3, -0.25) is 14.2 Å². The Labute approximate surface area is 223 Å². The Morgan fingerprint density at radius 1 is 1.26 bits per heavy atom. The maximum atomic E-state index is 14.1. The predicted octanol–water partition coefficient (Wildman–Crippen LogP) is 2.75. The van der Waals surface area contributed by atoms with Crippen LogP contribution in [0.1, 0.15) is 66.7 Å². The van der Waals surface area contributed by atoms with Gasteiger partial charge in [-0.05, 0) is 53.4 Å². The van der Waals surface area contributed by atoms with E-state index < -0.39 is 37.1 Å². The molecule has 2 aromatic rings. The van der Waals surface area contributed by atoms with Crippen LogP contribution in [0, 0.1) is 0 Å². The van der Waals surface area contributed by atoms with E-state index in [0.717, 1.165) is 32.1 Å². The normalized spacial score (nSPS) is 17.4. The first kappa shape index (κ1) is 29.9. The minimum atomic E-state index is -3.67. The number of hydrogen-bond acceptors (Lipinski definition) is 10. The molecule has 0 amide bonds. The molecular formula is C24H40N7O6P. The first-order valence-electron chi connectivity index (χ1n) is 13.0. The van der Waals surface area contributed by atoms with Gasteiger partial charge in [0, 0.05) is 0 Å². The molecule has 2 heterocycles. The Balaban J connectivity index is 1.69. The van der Waals surface area contributed by atoms with Crippen LogP contribution < -0.4 is 15.9 Å². The Bertz CT molecular complexity index is 1150. The minimum absolute atomic E-state index is 0.108. The number of nitrogens with zero attached hydrogens (tertiary/aromatic N) is 4. The van der Waals surface area contributed by atoms with Crippen LogP contribution in [-0.4, -0.2) is 68.2 Å². The second-order valence-corrected chi connectivity index (χ2v) is 12.5. The smallest absolute Gasteiger partial charge is 0.326 e. The predicted molar refractivity (Wildman–Crippen MR) is 142 cm³/mol. The third-order valence-electron chi connectivity index (χ3n) is 6.22. The molecule has 2 aromatic heterocycles. The molecule has 38 heavy (non-hydrogen) atoms. The van der Waals surface area contributed by atoms with Gasteiger partial charge in [0.25, 0.3) is 0 Å². The van der Waals surface area contributed by atoms with Crippen LogP contribution in [0.15, 0.2) is 12.7 Å². The zero-order valence-corrected chi connectivity index (χ0v) is 23.7. The Morgan fingerprint density at radius 3 is 2.66 bits per heavy atom. The number of hydrogen-bond donors (Lipinski definition) is 3. The number of unbranched alkanes of at least 4 members (excludes halogenated alkanes) is 1. The van der Waals surface area contributed by atoms with Gasteiger partial charge in [0.2, 0.25) is 7.44 Å². The number of ether oxygens (including phenoxy) is 3. The highest BCUT2D eigenvalue weighted by Gasteiger charge is 2.39. The molecule has 13 nitrogen and oxygen atoms in total. The first-order valence-corrected chi connectivity index (χ1v) is 14.9. The molecule has 0 aromatic carbocycles. The van der Waals surface area contributed by atoms with E-state index in [4.69, 9.17) is 19.9 Å². The van der Waals surface area contributed by atoms with Crippen LogP contribution in [0.5, 0.6) is 0 Å². The van der Waals surface area contributed by atoms with Gasteiger partial charge in [0.15, 0.2) is 11.5 Å². The second-order valence-electron chi connectivity index (χ2n) is 10.2. The maximum Gasteiger partial charge on any atom is 0.326 e. The Morgan fingerprint density at radius 2 is 2.00 bits per heavy atom. The third kappa shape index (κ3) is 7.95. The van der Waals surface area contributed by atoms with Crippen molar-refractivity contribution in [1.82, 2.24) is 29.7 Å². The Kier molecular flexibility index (Phi) is 10.2. The van der Waals surface area contributed by atoms with E-state index in [1.54, 1.807) is 38.6 Å².